The summed E-state index contributed by atoms with van der Waals surface area (Å²) in [6.45, 7) is 5.71. The summed E-state index contributed by atoms with van der Waals surface area (Å²) >= 11 is 0. The molecule has 2 fully saturated rings. The fourth-order valence-electron chi connectivity index (χ4n) is 4.33. The van der Waals surface area contributed by atoms with Gasteiger partial charge in [-0.2, -0.15) is 0 Å². The molecule has 2 aliphatic rings. The Morgan fingerprint density at radius 1 is 1.07 bits per heavy atom. The van der Waals surface area contributed by atoms with E-state index in [4.69, 9.17) is 0 Å². The predicted molar refractivity (Wildman–Crippen MR) is 104 cm³/mol. The molecule has 1 unspecified atom stereocenters. The van der Waals surface area contributed by atoms with Crippen LogP contribution in [-0.4, -0.2) is 63.0 Å². The minimum absolute atomic E-state index is 0.304. The van der Waals surface area contributed by atoms with Gasteiger partial charge in [0.2, 0.25) is 5.91 Å². The highest BCUT2D eigenvalue weighted by molar-refractivity contribution is 5.76. The van der Waals surface area contributed by atoms with Crippen LogP contribution in [0.5, 0.6) is 0 Å². The number of carbonyl (C=O) groups is 1. The molecule has 6 nitrogen and oxygen atoms in total. The van der Waals surface area contributed by atoms with Crippen molar-refractivity contribution in [1.29, 1.82) is 0 Å². The zero-order chi connectivity index (χ0) is 18.5. The van der Waals surface area contributed by atoms with Crippen LogP contribution >= 0.6 is 0 Å². The van der Waals surface area contributed by atoms with Crippen LogP contribution in [0.1, 0.15) is 49.4 Å². The summed E-state index contributed by atoms with van der Waals surface area (Å²) in [4.78, 5) is 25.9. The van der Waals surface area contributed by atoms with Gasteiger partial charge >= 0.3 is 0 Å². The molecule has 0 bridgehead atoms. The molecule has 0 radical (unpaired) electrons. The number of aromatic nitrogens is 3. The van der Waals surface area contributed by atoms with E-state index >= 15 is 0 Å². The van der Waals surface area contributed by atoms with Crippen molar-refractivity contribution in [2.24, 2.45) is 0 Å². The van der Waals surface area contributed by atoms with E-state index < -0.39 is 0 Å². The Labute approximate surface area is 161 Å². The number of likely N-dealkylation sites (tertiary alicyclic amines) is 2. The van der Waals surface area contributed by atoms with Gasteiger partial charge in [-0.25, -0.2) is 4.98 Å². The lowest BCUT2D eigenvalue weighted by Crippen LogP contribution is -2.41. The van der Waals surface area contributed by atoms with E-state index in [-0.39, 0.29) is 0 Å². The van der Waals surface area contributed by atoms with Crippen molar-refractivity contribution < 1.29 is 4.79 Å². The SMILES string of the molecule is O=C(CCN1CCCC1)N1CCCC(c2nccn2Cc2ccncc2)C1. The first kappa shape index (κ1) is 18.2. The van der Waals surface area contributed by atoms with Gasteiger partial charge in [-0.15, -0.1) is 0 Å². The van der Waals surface area contributed by atoms with E-state index in [1.54, 1.807) is 0 Å². The second-order valence-electron chi connectivity index (χ2n) is 7.75. The molecule has 1 atom stereocenters. The molecular weight excluding hydrogens is 338 g/mol. The van der Waals surface area contributed by atoms with Crippen LogP contribution in [-0.2, 0) is 11.3 Å². The molecule has 2 aromatic heterocycles. The van der Waals surface area contributed by atoms with Crippen LogP contribution in [0, 0.1) is 0 Å². The molecule has 0 aliphatic carbocycles. The minimum atomic E-state index is 0.304. The quantitative estimate of drug-likeness (QED) is 0.787. The highest BCUT2D eigenvalue weighted by Gasteiger charge is 2.27. The Morgan fingerprint density at radius 3 is 2.70 bits per heavy atom. The number of rotatable bonds is 6. The van der Waals surface area contributed by atoms with Crippen molar-refractivity contribution in [3.05, 3.63) is 48.3 Å². The van der Waals surface area contributed by atoms with Gasteiger partial charge in [0.15, 0.2) is 0 Å². The summed E-state index contributed by atoms with van der Waals surface area (Å²) < 4.78 is 2.22. The van der Waals surface area contributed by atoms with Crippen LogP contribution < -0.4 is 0 Å². The third-order valence-electron chi connectivity index (χ3n) is 5.83. The number of hydrogen-bond donors (Lipinski definition) is 0. The maximum absolute atomic E-state index is 12.7. The molecule has 27 heavy (non-hydrogen) atoms. The molecule has 6 heteroatoms. The molecule has 0 spiro atoms. The predicted octanol–water partition coefficient (Wildman–Crippen LogP) is 2.52. The third kappa shape index (κ3) is 4.56. The van der Waals surface area contributed by atoms with Crippen LogP contribution in [0.25, 0.3) is 0 Å². The number of imidazole rings is 1. The smallest absolute Gasteiger partial charge is 0.223 e. The molecule has 0 saturated carbocycles. The number of carbonyl (C=O) groups excluding carboxylic acids is 1. The fraction of sp³-hybridized carbons (Fsp3) is 0.571. The maximum atomic E-state index is 12.7. The molecule has 4 rings (SSSR count). The van der Waals surface area contributed by atoms with Crippen LogP contribution in [0.15, 0.2) is 36.9 Å². The normalized spacial score (nSPS) is 20.9. The van der Waals surface area contributed by atoms with Gasteiger partial charge in [0.1, 0.15) is 5.82 Å². The number of piperidine rings is 1. The molecule has 2 aromatic rings. The summed E-state index contributed by atoms with van der Waals surface area (Å²) in [5, 5.41) is 0. The van der Waals surface area contributed by atoms with Crippen molar-refractivity contribution in [2.75, 3.05) is 32.7 Å². The first-order valence-electron chi connectivity index (χ1n) is 10.2. The van der Waals surface area contributed by atoms with Gasteiger partial charge in [0, 0.05) is 63.3 Å². The number of amides is 1. The van der Waals surface area contributed by atoms with Gasteiger partial charge in [-0.1, -0.05) is 0 Å². The molecule has 0 N–H and O–H groups in total. The Hall–Kier alpha value is -2.21. The van der Waals surface area contributed by atoms with Gasteiger partial charge < -0.3 is 14.4 Å². The van der Waals surface area contributed by atoms with Gasteiger partial charge in [-0.3, -0.25) is 9.78 Å². The summed E-state index contributed by atoms with van der Waals surface area (Å²) in [6, 6.07) is 4.08. The van der Waals surface area contributed by atoms with E-state index in [2.05, 4.69) is 24.3 Å². The number of nitrogens with zero attached hydrogens (tertiary/aromatic N) is 5. The molecule has 0 aromatic carbocycles. The van der Waals surface area contributed by atoms with E-state index in [1.807, 2.05) is 36.9 Å². The zero-order valence-corrected chi connectivity index (χ0v) is 16.0. The molecule has 144 valence electrons. The van der Waals surface area contributed by atoms with Crippen molar-refractivity contribution in [1.82, 2.24) is 24.3 Å². The first-order valence-corrected chi connectivity index (χ1v) is 10.2. The van der Waals surface area contributed by atoms with Gasteiger partial charge in [-0.05, 0) is 56.5 Å². The van der Waals surface area contributed by atoms with E-state index in [9.17, 15) is 4.79 Å². The standard InChI is InChI=1S/C21H29N5O/c27-20(7-14-24-11-1-2-12-24)25-13-3-4-19(17-25)21-23-10-15-26(21)16-18-5-8-22-9-6-18/h5-6,8-10,15,19H,1-4,7,11-14,16-17H2. The lowest BCUT2D eigenvalue weighted by Gasteiger charge is -2.33. The first-order chi connectivity index (χ1) is 13.3. The zero-order valence-electron chi connectivity index (χ0n) is 16.0. The Kier molecular flexibility index (Phi) is 5.82. The van der Waals surface area contributed by atoms with Crippen molar-refractivity contribution in [3.63, 3.8) is 0 Å². The largest absolute Gasteiger partial charge is 0.342 e. The van der Waals surface area contributed by atoms with Crippen LogP contribution in [0.3, 0.4) is 0 Å². The number of hydrogen-bond acceptors (Lipinski definition) is 4. The monoisotopic (exact) mass is 367 g/mol. The minimum Gasteiger partial charge on any atom is -0.342 e. The van der Waals surface area contributed by atoms with E-state index in [0.29, 0.717) is 18.2 Å². The Morgan fingerprint density at radius 2 is 1.89 bits per heavy atom. The lowest BCUT2D eigenvalue weighted by molar-refractivity contribution is -0.132. The molecule has 1 amide bonds. The summed E-state index contributed by atoms with van der Waals surface area (Å²) in [7, 11) is 0. The Balaban J connectivity index is 1.37. The topological polar surface area (TPSA) is 54.3 Å². The molecule has 4 heterocycles. The third-order valence-corrected chi connectivity index (χ3v) is 5.83. The van der Waals surface area contributed by atoms with Gasteiger partial charge in [0.25, 0.3) is 0 Å². The molecular formula is C21H29N5O. The van der Waals surface area contributed by atoms with Crippen LogP contribution in [0.2, 0.25) is 0 Å². The summed E-state index contributed by atoms with van der Waals surface area (Å²) in [6.07, 6.45) is 12.9. The van der Waals surface area contributed by atoms with E-state index in [0.717, 1.165) is 57.9 Å². The van der Waals surface area contributed by atoms with Crippen LogP contribution in [0.4, 0.5) is 0 Å². The maximum Gasteiger partial charge on any atom is 0.223 e. The van der Waals surface area contributed by atoms with Crippen molar-refractivity contribution in [2.45, 2.75) is 44.6 Å². The average molecular weight is 367 g/mol. The molecule has 2 aliphatic heterocycles. The van der Waals surface area contributed by atoms with Crippen molar-refractivity contribution >= 4 is 5.91 Å². The summed E-state index contributed by atoms with van der Waals surface area (Å²) in [5.41, 5.74) is 1.22. The highest BCUT2D eigenvalue weighted by atomic mass is 16.2. The second-order valence-corrected chi connectivity index (χ2v) is 7.75. The lowest BCUT2D eigenvalue weighted by atomic mass is 9.96. The fourth-order valence-corrected chi connectivity index (χ4v) is 4.33. The second kappa shape index (κ2) is 8.65. The van der Waals surface area contributed by atoms with Crippen molar-refractivity contribution in [3.8, 4) is 0 Å². The summed E-state index contributed by atoms with van der Waals surface area (Å²) in [5.74, 6) is 1.73. The Bertz CT molecular complexity index is 738. The molecule has 2 saturated heterocycles. The highest BCUT2D eigenvalue weighted by Crippen LogP contribution is 2.26. The average Bonchev–Trinajstić information content (AvgIpc) is 3.39. The van der Waals surface area contributed by atoms with Gasteiger partial charge in [0.05, 0.1) is 0 Å². The number of pyridine rings is 1. The van der Waals surface area contributed by atoms with E-state index in [1.165, 1.54) is 18.4 Å².